The van der Waals surface area contributed by atoms with E-state index in [1.165, 1.54) is 20.9 Å². The Labute approximate surface area is 61.6 Å². The fourth-order valence-electron chi connectivity index (χ4n) is 0.420. The quantitative estimate of drug-likeness (QED) is 0.420. The topological polar surface area (TPSA) is 46.2 Å². The summed E-state index contributed by atoms with van der Waals surface area (Å²) in [6, 6.07) is 0. The van der Waals surface area contributed by atoms with Crippen LogP contribution in [0.5, 0.6) is 0 Å². The zero-order valence-corrected chi connectivity index (χ0v) is 6.39. The molecular weight excluding hydrogens is 129 g/mol. The Morgan fingerprint density at radius 1 is 1.50 bits per heavy atom. The third-order valence-electron chi connectivity index (χ3n) is 1.43. The fraction of sp³-hybridized carbons (Fsp3) is 0.667. The number of rotatable bonds is 2. The van der Waals surface area contributed by atoms with Crippen molar-refractivity contribution in [2.24, 2.45) is 0 Å². The second kappa shape index (κ2) is 2.86. The molecule has 0 aliphatic rings. The van der Waals surface area contributed by atoms with Gasteiger partial charge in [0.15, 0.2) is 0 Å². The molecule has 54 valence electrons. The zero-order valence-electron chi connectivity index (χ0n) is 6.39. The standard InChI is InChI=1S/C6H10BNO2/c1-4(9)6(2,7)5(10)8-3/h1-3H3,(H,8,10). The van der Waals surface area contributed by atoms with Crippen LogP contribution in [0.15, 0.2) is 0 Å². The molecule has 2 radical (unpaired) electrons. The Hall–Kier alpha value is -0.795. The smallest absolute Gasteiger partial charge is 0.224 e. The minimum absolute atomic E-state index is 0.341. The van der Waals surface area contributed by atoms with Gasteiger partial charge in [0, 0.05) is 7.05 Å². The summed E-state index contributed by atoms with van der Waals surface area (Å²) in [4.78, 5) is 21.5. The Balaban J connectivity index is 4.40. The van der Waals surface area contributed by atoms with E-state index in [9.17, 15) is 9.59 Å². The van der Waals surface area contributed by atoms with Crippen LogP contribution in [0.25, 0.3) is 0 Å². The van der Waals surface area contributed by atoms with Crippen molar-refractivity contribution in [2.75, 3.05) is 7.05 Å². The SMILES string of the molecule is [B]C(C)(C(C)=O)C(=O)NC. The molecule has 0 spiro atoms. The summed E-state index contributed by atoms with van der Waals surface area (Å²) < 4.78 is 0. The van der Waals surface area contributed by atoms with Crippen molar-refractivity contribution in [1.29, 1.82) is 0 Å². The van der Waals surface area contributed by atoms with Crippen molar-refractivity contribution in [3.05, 3.63) is 0 Å². The maximum absolute atomic E-state index is 10.8. The number of hydrogen-bond acceptors (Lipinski definition) is 2. The average Bonchev–Trinajstić information content (AvgIpc) is 1.86. The van der Waals surface area contributed by atoms with Crippen LogP contribution < -0.4 is 5.32 Å². The number of carbonyl (C=O) groups is 2. The highest BCUT2D eigenvalue weighted by Gasteiger charge is 2.30. The lowest BCUT2D eigenvalue weighted by Crippen LogP contribution is -2.36. The van der Waals surface area contributed by atoms with Crippen LogP contribution in [-0.4, -0.2) is 26.6 Å². The van der Waals surface area contributed by atoms with Crippen LogP contribution in [0.4, 0.5) is 0 Å². The van der Waals surface area contributed by atoms with Crippen LogP contribution >= 0.6 is 0 Å². The summed E-state index contributed by atoms with van der Waals surface area (Å²) in [6.45, 7) is 2.67. The van der Waals surface area contributed by atoms with Gasteiger partial charge in [-0.05, 0) is 6.92 Å². The van der Waals surface area contributed by atoms with Gasteiger partial charge in [0.2, 0.25) is 5.91 Å². The lowest BCUT2D eigenvalue weighted by molar-refractivity contribution is -0.130. The molecule has 1 N–H and O–H groups in total. The number of ketones is 1. The van der Waals surface area contributed by atoms with Crippen LogP contribution in [0.2, 0.25) is 5.31 Å². The molecular formula is C6H10BNO2. The van der Waals surface area contributed by atoms with E-state index in [4.69, 9.17) is 7.85 Å². The van der Waals surface area contributed by atoms with Gasteiger partial charge in [-0.1, -0.05) is 6.92 Å². The summed E-state index contributed by atoms with van der Waals surface area (Å²) in [5.41, 5.74) is 0. The van der Waals surface area contributed by atoms with Gasteiger partial charge in [-0.15, -0.1) is 0 Å². The Kier molecular flexibility index (Phi) is 2.63. The van der Waals surface area contributed by atoms with Crippen molar-refractivity contribution in [1.82, 2.24) is 5.32 Å². The van der Waals surface area contributed by atoms with E-state index in [0.29, 0.717) is 0 Å². The van der Waals surface area contributed by atoms with Gasteiger partial charge < -0.3 is 5.32 Å². The second-order valence-electron chi connectivity index (χ2n) is 2.34. The molecule has 0 aliphatic carbocycles. The van der Waals surface area contributed by atoms with Gasteiger partial charge in [-0.3, -0.25) is 9.59 Å². The van der Waals surface area contributed by atoms with Crippen molar-refractivity contribution < 1.29 is 9.59 Å². The van der Waals surface area contributed by atoms with Crippen molar-refractivity contribution in [3.8, 4) is 0 Å². The van der Waals surface area contributed by atoms with Gasteiger partial charge in [-0.25, -0.2) is 0 Å². The van der Waals surface area contributed by atoms with E-state index in [1.807, 2.05) is 0 Å². The zero-order chi connectivity index (χ0) is 8.36. The van der Waals surface area contributed by atoms with E-state index in [1.54, 1.807) is 0 Å². The van der Waals surface area contributed by atoms with E-state index < -0.39 is 11.2 Å². The summed E-state index contributed by atoms with van der Waals surface area (Å²) in [6.07, 6.45) is 0. The van der Waals surface area contributed by atoms with Crippen molar-refractivity contribution >= 4 is 19.5 Å². The van der Waals surface area contributed by atoms with Gasteiger partial charge in [0.25, 0.3) is 0 Å². The monoisotopic (exact) mass is 139 g/mol. The molecule has 0 aromatic carbocycles. The minimum Gasteiger partial charge on any atom is -0.359 e. The summed E-state index contributed by atoms with van der Waals surface area (Å²) in [5, 5.41) is 0.922. The normalized spacial score (nSPS) is 15.5. The van der Waals surface area contributed by atoms with Crippen LogP contribution in [-0.2, 0) is 9.59 Å². The predicted molar refractivity (Wildman–Crippen MR) is 38.9 cm³/mol. The first-order chi connectivity index (χ1) is 4.42. The van der Waals surface area contributed by atoms with Gasteiger partial charge in [0.1, 0.15) is 5.78 Å². The van der Waals surface area contributed by atoms with Crippen LogP contribution in [0, 0.1) is 0 Å². The number of hydrogen-bond donors (Lipinski definition) is 1. The molecule has 3 nitrogen and oxygen atoms in total. The van der Waals surface area contributed by atoms with E-state index >= 15 is 0 Å². The molecule has 0 aliphatic heterocycles. The minimum atomic E-state index is -1.38. The van der Waals surface area contributed by atoms with Gasteiger partial charge in [0.05, 0.1) is 13.2 Å². The first-order valence-electron chi connectivity index (χ1n) is 2.95. The Bertz CT molecular complexity index is 165. The molecule has 4 heteroatoms. The molecule has 1 unspecified atom stereocenters. The number of amides is 1. The highest BCUT2D eigenvalue weighted by molar-refractivity contribution is 6.40. The number of Topliss-reactive ketones (excluding diaryl/α,β-unsaturated/α-hetero) is 1. The third-order valence-corrected chi connectivity index (χ3v) is 1.43. The molecule has 0 aromatic rings. The molecule has 0 bridgehead atoms. The summed E-state index contributed by atoms with van der Waals surface area (Å²) >= 11 is 0. The molecule has 0 aromatic heterocycles. The molecule has 1 atom stereocenters. The average molecular weight is 139 g/mol. The predicted octanol–water partition coefficient (Wildman–Crippen LogP) is -0.332. The maximum Gasteiger partial charge on any atom is 0.224 e. The van der Waals surface area contributed by atoms with Crippen molar-refractivity contribution in [3.63, 3.8) is 0 Å². The second-order valence-corrected chi connectivity index (χ2v) is 2.34. The van der Waals surface area contributed by atoms with Crippen molar-refractivity contribution in [2.45, 2.75) is 19.2 Å². The molecule has 1 amide bonds. The maximum atomic E-state index is 10.8. The molecule has 0 rings (SSSR count). The Morgan fingerprint density at radius 2 is 1.90 bits per heavy atom. The molecule has 0 fully saturated rings. The van der Waals surface area contributed by atoms with E-state index in [-0.39, 0.29) is 5.78 Å². The van der Waals surface area contributed by atoms with Gasteiger partial charge in [-0.2, -0.15) is 0 Å². The number of nitrogens with one attached hydrogen (secondary N) is 1. The highest BCUT2D eigenvalue weighted by atomic mass is 16.2. The first kappa shape index (κ1) is 9.20. The highest BCUT2D eigenvalue weighted by Crippen LogP contribution is 2.20. The summed E-state index contributed by atoms with van der Waals surface area (Å²) in [7, 11) is 6.79. The molecule has 0 heterocycles. The lowest BCUT2D eigenvalue weighted by atomic mass is 9.67. The number of carbonyl (C=O) groups excluding carboxylic acids is 2. The lowest BCUT2D eigenvalue weighted by Gasteiger charge is -2.18. The van der Waals surface area contributed by atoms with Crippen LogP contribution in [0.1, 0.15) is 13.8 Å². The molecule has 10 heavy (non-hydrogen) atoms. The van der Waals surface area contributed by atoms with Crippen LogP contribution in [0.3, 0.4) is 0 Å². The Morgan fingerprint density at radius 3 is 2.00 bits per heavy atom. The largest absolute Gasteiger partial charge is 0.359 e. The van der Waals surface area contributed by atoms with E-state index in [2.05, 4.69) is 5.32 Å². The molecule has 0 saturated heterocycles. The summed E-state index contributed by atoms with van der Waals surface area (Å²) in [5.74, 6) is -0.799. The fourth-order valence-corrected chi connectivity index (χ4v) is 0.420. The van der Waals surface area contributed by atoms with Gasteiger partial charge >= 0.3 is 0 Å². The third kappa shape index (κ3) is 1.59. The first-order valence-corrected chi connectivity index (χ1v) is 2.95. The van der Waals surface area contributed by atoms with E-state index in [0.717, 1.165) is 0 Å². The molecule has 0 saturated carbocycles.